The van der Waals surface area contributed by atoms with Crippen LogP contribution in [0, 0.1) is 0 Å². The molecule has 0 radical (unpaired) electrons. The fraction of sp³-hybridized carbons (Fsp3) is 0.391. The second-order valence-corrected chi connectivity index (χ2v) is 8.98. The van der Waals surface area contributed by atoms with E-state index in [1.54, 1.807) is 0 Å². The van der Waals surface area contributed by atoms with Crippen LogP contribution in [0.4, 0.5) is 5.95 Å². The molecule has 6 rings (SSSR count). The van der Waals surface area contributed by atoms with Crippen LogP contribution in [-0.4, -0.2) is 34.5 Å². The summed E-state index contributed by atoms with van der Waals surface area (Å²) in [7, 11) is 0. The van der Waals surface area contributed by atoms with Gasteiger partial charge in [0.2, 0.25) is 5.95 Å². The monoisotopic (exact) mass is 421 g/mol. The Labute approximate surface area is 180 Å². The number of ether oxygens (including phenoxy) is 1. The predicted molar refractivity (Wildman–Crippen MR) is 116 cm³/mol. The maximum absolute atomic E-state index is 6.25. The third-order valence-corrected chi connectivity index (χ3v) is 7.06. The summed E-state index contributed by atoms with van der Waals surface area (Å²) < 4.78 is 8.21. The van der Waals surface area contributed by atoms with Gasteiger partial charge in [-0.25, -0.2) is 0 Å². The third-order valence-electron chi connectivity index (χ3n) is 6.82. The molecule has 4 heterocycles. The molecular formula is C23H24ClN5O. The Morgan fingerprint density at radius 3 is 2.77 bits per heavy atom. The van der Waals surface area contributed by atoms with Crippen molar-refractivity contribution in [2.45, 2.75) is 38.0 Å². The van der Waals surface area contributed by atoms with Crippen LogP contribution in [0.5, 0.6) is 0 Å². The SMILES string of the molecule is Clc1ccc2c(c1)CNCc1nnc(N3CCC4(CC3)COCc3ccccc34)n1-2. The largest absolute Gasteiger partial charge is 0.376 e. The normalized spacial score (nSPS) is 19.7. The van der Waals surface area contributed by atoms with E-state index in [0.717, 1.165) is 68.2 Å². The molecule has 1 aromatic heterocycles. The minimum absolute atomic E-state index is 0.111. The highest BCUT2D eigenvalue weighted by molar-refractivity contribution is 6.30. The van der Waals surface area contributed by atoms with E-state index in [1.807, 2.05) is 12.1 Å². The first-order chi connectivity index (χ1) is 14.7. The quantitative estimate of drug-likeness (QED) is 0.650. The van der Waals surface area contributed by atoms with Crippen LogP contribution in [0.1, 0.15) is 35.4 Å². The molecule has 0 aliphatic carbocycles. The third kappa shape index (κ3) is 2.86. The molecule has 0 atom stereocenters. The summed E-state index contributed by atoms with van der Waals surface area (Å²) in [6, 6.07) is 14.8. The summed E-state index contributed by atoms with van der Waals surface area (Å²) in [5.74, 6) is 1.87. The molecule has 0 unspecified atom stereocenters. The lowest BCUT2D eigenvalue weighted by atomic mass is 9.71. The van der Waals surface area contributed by atoms with Crippen LogP contribution in [0.25, 0.3) is 5.69 Å². The minimum atomic E-state index is 0.111. The van der Waals surface area contributed by atoms with Gasteiger partial charge in [0.05, 0.1) is 25.4 Å². The van der Waals surface area contributed by atoms with E-state index in [4.69, 9.17) is 16.3 Å². The van der Waals surface area contributed by atoms with Crippen molar-refractivity contribution in [1.82, 2.24) is 20.1 Å². The number of nitrogens with one attached hydrogen (secondary N) is 1. The molecule has 154 valence electrons. The summed E-state index contributed by atoms with van der Waals surface area (Å²) in [6.07, 6.45) is 2.11. The van der Waals surface area contributed by atoms with E-state index in [1.165, 1.54) is 16.7 Å². The highest BCUT2D eigenvalue weighted by Crippen LogP contribution is 2.42. The zero-order valence-corrected chi connectivity index (χ0v) is 17.5. The van der Waals surface area contributed by atoms with Crippen molar-refractivity contribution in [1.29, 1.82) is 0 Å². The lowest BCUT2D eigenvalue weighted by Gasteiger charge is -2.45. The van der Waals surface area contributed by atoms with Gasteiger partial charge in [-0.05, 0) is 47.7 Å². The Hall–Kier alpha value is -2.41. The first-order valence-corrected chi connectivity index (χ1v) is 11.0. The van der Waals surface area contributed by atoms with Crippen molar-refractivity contribution in [3.63, 3.8) is 0 Å². The number of hydrogen-bond acceptors (Lipinski definition) is 5. The van der Waals surface area contributed by atoms with Gasteiger partial charge in [0.15, 0.2) is 5.82 Å². The summed E-state index contributed by atoms with van der Waals surface area (Å²) >= 11 is 6.25. The molecule has 1 N–H and O–H groups in total. The fourth-order valence-corrected chi connectivity index (χ4v) is 5.44. The van der Waals surface area contributed by atoms with Crippen LogP contribution >= 0.6 is 11.6 Å². The van der Waals surface area contributed by atoms with Crippen molar-refractivity contribution in [3.8, 4) is 5.69 Å². The van der Waals surface area contributed by atoms with Gasteiger partial charge in [0.25, 0.3) is 0 Å². The van der Waals surface area contributed by atoms with Crippen LogP contribution in [0.2, 0.25) is 5.02 Å². The molecule has 3 aromatic rings. The van der Waals surface area contributed by atoms with Gasteiger partial charge in [0.1, 0.15) is 0 Å². The van der Waals surface area contributed by atoms with E-state index in [2.05, 4.69) is 55.3 Å². The smallest absolute Gasteiger partial charge is 0.231 e. The summed E-state index contributed by atoms with van der Waals surface area (Å²) in [4.78, 5) is 2.38. The highest BCUT2D eigenvalue weighted by Gasteiger charge is 2.41. The number of anilines is 1. The number of aromatic nitrogens is 3. The zero-order chi connectivity index (χ0) is 20.1. The van der Waals surface area contributed by atoms with Gasteiger partial charge in [-0.1, -0.05) is 35.9 Å². The molecule has 0 bridgehead atoms. The van der Waals surface area contributed by atoms with Gasteiger partial charge < -0.3 is 15.0 Å². The Morgan fingerprint density at radius 2 is 1.87 bits per heavy atom. The lowest BCUT2D eigenvalue weighted by molar-refractivity contribution is 0.0399. The molecule has 3 aliphatic heterocycles. The maximum Gasteiger partial charge on any atom is 0.231 e. The molecule has 1 fully saturated rings. The molecule has 7 heteroatoms. The van der Waals surface area contributed by atoms with Crippen molar-refractivity contribution < 1.29 is 4.74 Å². The Balaban J connectivity index is 1.33. The summed E-state index contributed by atoms with van der Waals surface area (Å²) in [5, 5.41) is 13.3. The van der Waals surface area contributed by atoms with Gasteiger partial charge in [-0.3, -0.25) is 4.57 Å². The van der Waals surface area contributed by atoms with Crippen molar-refractivity contribution in [2.75, 3.05) is 24.6 Å². The zero-order valence-electron chi connectivity index (χ0n) is 16.8. The average molecular weight is 422 g/mol. The number of piperidine rings is 1. The minimum Gasteiger partial charge on any atom is -0.376 e. The van der Waals surface area contributed by atoms with E-state index in [-0.39, 0.29) is 5.41 Å². The molecule has 30 heavy (non-hydrogen) atoms. The molecule has 0 amide bonds. The number of hydrogen-bond donors (Lipinski definition) is 1. The molecule has 6 nitrogen and oxygen atoms in total. The van der Waals surface area contributed by atoms with Gasteiger partial charge >= 0.3 is 0 Å². The van der Waals surface area contributed by atoms with E-state index >= 15 is 0 Å². The van der Waals surface area contributed by atoms with Crippen LogP contribution in [0.3, 0.4) is 0 Å². The van der Waals surface area contributed by atoms with Gasteiger partial charge in [-0.2, -0.15) is 0 Å². The first-order valence-electron chi connectivity index (χ1n) is 10.6. The molecule has 1 saturated heterocycles. The molecule has 1 spiro atoms. The van der Waals surface area contributed by atoms with E-state index in [9.17, 15) is 0 Å². The van der Waals surface area contributed by atoms with Crippen molar-refractivity contribution in [3.05, 3.63) is 70.0 Å². The second-order valence-electron chi connectivity index (χ2n) is 8.55. The Kier molecular flexibility index (Phi) is 4.33. The lowest BCUT2D eigenvalue weighted by Crippen LogP contribution is -2.48. The van der Waals surface area contributed by atoms with E-state index < -0.39 is 0 Å². The standard InChI is InChI=1S/C23H24ClN5O/c24-18-5-6-20-17(11-18)12-25-13-21-26-27-22(29(20)21)28-9-7-23(8-10-28)15-30-14-16-3-1-2-4-19(16)23/h1-6,11,25H,7-10,12-15H2. The summed E-state index contributed by atoms with van der Waals surface area (Å²) in [5.41, 5.74) is 5.21. The van der Waals surface area contributed by atoms with Crippen LogP contribution in [0.15, 0.2) is 42.5 Å². The average Bonchev–Trinajstić information content (AvgIpc) is 3.10. The number of benzene rings is 2. The van der Waals surface area contributed by atoms with Gasteiger partial charge in [-0.15, -0.1) is 10.2 Å². The number of nitrogens with zero attached hydrogens (tertiary/aromatic N) is 4. The van der Waals surface area contributed by atoms with Crippen molar-refractivity contribution in [2.24, 2.45) is 0 Å². The first kappa shape index (κ1) is 18.4. The van der Waals surface area contributed by atoms with E-state index in [0.29, 0.717) is 6.54 Å². The van der Waals surface area contributed by atoms with Crippen LogP contribution in [-0.2, 0) is 29.8 Å². The van der Waals surface area contributed by atoms with Gasteiger partial charge in [0, 0.05) is 30.1 Å². The Bertz CT molecular complexity index is 1100. The molecular weight excluding hydrogens is 398 g/mol. The fourth-order valence-electron chi connectivity index (χ4n) is 5.24. The molecule has 0 saturated carbocycles. The highest BCUT2D eigenvalue weighted by atomic mass is 35.5. The maximum atomic E-state index is 6.25. The number of fused-ring (bicyclic) bond motifs is 5. The molecule has 3 aliphatic rings. The summed E-state index contributed by atoms with van der Waals surface area (Å²) in [6.45, 7) is 4.87. The number of rotatable bonds is 1. The van der Waals surface area contributed by atoms with Crippen LogP contribution < -0.4 is 10.2 Å². The second kappa shape index (κ2) is 7.08. The topological polar surface area (TPSA) is 55.2 Å². The molecule has 2 aromatic carbocycles. The van der Waals surface area contributed by atoms with Crippen molar-refractivity contribution >= 4 is 17.5 Å². The predicted octanol–water partition coefficient (Wildman–Crippen LogP) is 3.59. The number of halogens is 1. The Morgan fingerprint density at radius 1 is 1.00 bits per heavy atom.